The number of para-hydroxylation sites is 1. The van der Waals surface area contributed by atoms with Gasteiger partial charge in [0.05, 0.1) is 24.4 Å². The molecule has 2 heterocycles. The van der Waals surface area contributed by atoms with Gasteiger partial charge in [0.15, 0.2) is 0 Å². The number of ether oxygens (including phenoxy) is 1. The molecular weight excluding hydrogens is 318 g/mol. The van der Waals surface area contributed by atoms with Crippen molar-refractivity contribution in [2.45, 2.75) is 32.2 Å². The third kappa shape index (κ3) is 4.32. The van der Waals surface area contributed by atoms with Crippen LogP contribution in [0.5, 0.6) is 0 Å². The van der Waals surface area contributed by atoms with E-state index >= 15 is 0 Å². The molecule has 3 rings (SSSR count). The van der Waals surface area contributed by atoms with Crippen LogP contribution in [0.25, 0.3) is 0 Å². The van der Waals surface area contributed by atoms with Gasteiger partial charge in [-0.05, 0) is 37.3 Å². The number of nitrogens with two attached hydrogens (primary N) is 1. The van der Waals surface area contributed by atoms with Crippen LogP contribution in [0.2, 0.25) is 0 Å². The normalized spacial score (nSPS) is 20.4. The fourth-order valence-electron chi connectivity index (χ4n) is 3.42. The third-order valence-corrected chi connectivity index (χ3v) is 4.82. The van der Waals surface area contributed by atoms with Gasteiger partial charge >= 0.3 is 0 Å². The third-order valence-electron chi connectivity index (χ3n) is 4.82. The molecule has 0 spiro atoms. The molecule has 0 aliphatic carbocycles. The number of hydrogen-bond donors (Lipinski definition) is 2. The molecule has 3 N–H and O–H groups in total. The molecule has 2 aliphatic heterocycles. The van der Waals surface area contributed by atoms with E-state index in [0.29, 0.717) is 25.3 Å². The lowest BCUT2D eigenvalue weighted by atomic mass is 9.96. The summed E-state index contributed by atoms with van der Waals surface area (Å²) in [4.78, 5) is 26.0. The number of rotatable bonds is 5. The average molecular weight is 343 g/mol. The molecule has 25 heavy (non-hydrogen) atoms. The van der Waals surface area contributed by atoms with Gasteiger partial charge in [-0.1, -0.05) is 18.2 Å². The van der Waals surface area contributed by atoms with E-state index < -0.39 is 0 Å². The molecule has 0 bridgehead atoms. The van der Waals surface area contributed by atoms with Crippen molar-refractivity contribution in [3.05, 3.63) is 41.7 Å². The lowest BCUT2D eigenvalue weighted by Gasteiger charge is -2.34. The predicted molar refractivity (Wildman–Crippen MR) is 95.7 cm³/mol. The molecule has 2 aliphatic rings. The molecule has 0 unspecified atom stereocenters. The smallest absolute Gasteiger partial charge is 0.250 e. The summed E-state index contributed by atoms with van der Waals surface area (Å²) in [6, 6.07) is 7.98. The highest BCUT2D eigenvalue weighted by Crippen LogP contribution is 2.26. The van der Waals surface area contributed by atoms with Crippen LogP contribution < -0.4 is 16.0 Å². The summed E-state index contributed by atoms with van der Waals surface area (Å²) in [6.07, 6.45) is 4.97. The van der Waals surface area contributed by atoms with Crippen molar-refractivity contribution in [2.24, 2.45) is 11.7 Å². The molecule has 1 aromatic carbocycles. The summed E-state index contributed by atoms with van der Waals surface area (Å²) in [6.45, 7) is 2.66. The Balaban J connectivity index is 1.67. The standard InChI is InChI=1S/C19H25N3O3/c20-18(23)15-6-3-9-22(12-15)17-8-2-1-5-14(17)11-21-19(24)16-7-4-10-25-13-16/h1-2,5,8,13,15H,3-4,6-7,9-12H2,(H2,20,23)(H,21,24)/t15-/m0/s1. The molecular formula is C19H25N3O3. The number of carbonyl (C=O) groups excluding carboxylic acids is 2. The number of primary amides is 1. The van der Waals surface area contributed by atoms with Crippen molar-refractivity contribution in [1.29, 1.82) is 0 Å². The number of amides is 2. The first-order valence-corrected chi connectivity index (χ1v) is 8.86. The van der Waals surface area contributed by atoms with Gasteiger partial charge in [-0.25, -0.2) is 0 Å². The SMILES string of the molecule is NC(=O)[C@H]1CCCN(c2ccccc2CNC(=O)C2=COCCC2)C1. The average Bonchev–Trinajstić information content (AvgIpc) is 2.67. The minimum Gasteiger partial charge on any atom is -0.501 e. The second-order valence-electron chi connectivity index (χ2n) is 6.62. The van der Waals surface area contributed by atoms with Crippen LogP contribution in [0.15, 0.2) is 36.1 Å². The highest BCUT2D eigenvalue weighted by Gasteiger charge is 2.25. The maximum absolute atomic E-state index is 12.3. The number of piperidine rings is 1. The van der Waals surface area contributed by atoms with Crippen LogP contribution in [-0.2, 0) is 20.9 Å². The second kappa shape index (κ2) is 8.05. The van der Waals surface area contributed by atoms with Crippen molar-refractivity contribution >= 4 is 17.5 Å². The molecule has 6 heteroatoms. The molecule has 0 radical (unpaired) electrons. The molecule has 134 valence electrons. The highest BCUT2D eigenvalue weighted by molar-refractivity contribution is 5.93. The monoisotopic (exact) mass is 343 g/mol. The van der Waals surface area contributed by atoms with E-state index in [-0.39, 0.29) is 17.7 Å². The Kier molecular flexibility index (Phi) is 5.58. The zero-order valence-corrected chi connectivity index (χ0v) is 14.4. The second-order valence-corrected chi connectivity index (χ2v) is 6.62. The van der Waals surface area contributed by atoms with Crippen molar-refractivity contribution in [3.63, 3.8) is 0 Å². The van der Waals surface area contributed by atoms with Crippen LogP contribution in [0, 0.1) is 5.92 Å². The van der Waals surface area contributed by atoms with E-state index in [1.54, 1.807) is 6.26 Å². The van der Waals surface area contributed by atoms with Crippen LogP contribution in [-0.4, -0.2) is 31.5 Å². The highest BCUT2D eigenvalue weighted by atomic mass is 16.5. The van der Waals surface area contributed by atoms with Gasteiger partial charge in [-0.15, -0.1) is 0 Å². The predicted octanol–water partition coefficient (Wildman–Crippen LogP) is 1.70. The Morgan fingerprint density at radius 3 is 2.88 bits per heavy atom. The molecule has 1 saturated heterocycles. The zero-order valence-electron chi connectivity index (χ0n) is 14.4. The summed E-state index contributed by atoms with van der Waals surface area (Å²) < 4.78 is 5.23. The Hall–Kier alpha value is -2.50. The van der Waals surface area contributed by atoms with Gasteiger partial charge in [-0.3, -0.25) is 9.59 Å². The van der Waals surface area contributed by atoms with E-state index in [2.05, 4.69) is 10.2 Å². The Morgan fingerprint density at radius 2 is 2.12 bits per heavy atom. The maximum Gasteiger partial charge on any atom is 0.250 e. The maximum atomic E-state index is 12.3. The van der Waals surface area contributed by atoms with E-state index in [4.69, 9.17) is 10.5 Å². The van der Waals surface area contributed by atoms with Crippen LogP contribution in [0.3, 0.4) is 0 Å². The summed E-state index contributed by atoms with van der Waals surface area (Å²) >= 11 is 0. The van der Waals surface area contributed by atoms with Crippen LogP contribution in [0.4, 0.5) is 5.69 Å². The number of nitrogens with zero attached hydrogens (tertiary/aromatic N) is 1. The van der Waals surface area contributed by atoms with Crippen molar-refractivity contribution in [1.82, 2.24) is 5.32 Å². The van der Waals surface area contributed by atoms with Crippen molar-refractivity contribution in [2.75, 3.05) is 24.6 Å². The fraction of sp³-hybridized carbons (Fsp3) is 0.474. The summed E-state index contributed by atoms with van der Waals surface area (Å²) in [5, 5.41) is 2.98. The number of benzene rings is 1. The molecule has 1 aromatic rings. The molecule has 6 nitrogen and oxygen atoms in total. The van der Waals surface area contributed by atoms with Gasteiger partial charge in [0.2, 0.25) is 5.91 Å². The first-order valence-electron chi connectivity index (χ1n) is 8.86. The van der Waals surface area contributed by atoms with Gasteiger partial charge in [0.25, 0.3) is 5.91 Å². The topological polar surface area (TPSA) is 84.7 Å². The van der Waals surface area contributed by atoms with E-state index in [1.165, 1.54) is 0 Å². The lowest BCUT2D eigenvalue weighted by Crippen LogP contribution is -2.41. The minimum absolute atomic E-state index is 0.0804. The molecule has 2 amide bonds. The molecule has 0 saturated carbocycles. The first-order chi connectivity index (χ1) is 12.1. The minimum atomic E-state index is -0.236. The number of anilines is 1. The Morgan fingerprint density at radius 1 is 1.28 bits per heavy atom. The quantitative estimate of drug-likeness (QED) is 0.852. The van der Waals surface area contributed by atoms with Crippen LogP contribution >= 0.6 is 0 Å². The van der Waals surface area contributed by atoms with E-state index in [9.17, 15) is 9.59 Å². The summed E-state index contributed by atoms with van der Waals surface area (Å²) in [7, 11) is 0. The Bertz CT molecular complexity index is 672. The van der Waals surface area contributed by atoms with E-state index in [1.807, 2.05) is 24.3 Å². The first kappa shape index (κ1) is 17.3. The fourth-order valence-corrected chi connectivity index (χ4v) is 3.42. The number of carbonyl (C=O) groups is 2. The molecule has 0 aromatic heterocycles. The van der Waals surface area contributed by atoms with E-state index in [0.717, 1.165) is 43.5 Å². The van der Waals surface area contributed by atoms with Gasteiger partial charge in [0, 0.05) is 25.3 Å². The Labute approximate surface area is 148 Å². The van der Waals surface area contributed by atoms with Crippen LogP contribution in [0.1, 0.15) is 31.2 Å². The number of hydrogen-bond acceptors (Lipinski definition) is 4. The summed E-state index contributed by atoms with van der Waals surface area (Å²) in [5.41, 5.74) is 8.27. The van der Waals surface area contributed by atoms with Crippen molar-refractivity contribution < 1.29 is 14.3 Å². The largest absolute Gasteiger partial charge is 0.501 e. The zero-order chi connectivity index (χ0) is 17.6. The van der Waals surface area contributed by atoms with Gasteiger partial charge in [0.1, 0.15) is 0 Å². The molecule has 1 atom stereocenters. The van der Waals surface area contributed by atoms with Crippen molar-refractivity contribution in [3.8, 4) is 0 Å². The summed E-state index contributed by atoms with van der Waals surface area (Å²) in [5.74, 6) is -0.427. The van der Waals surface area contributed by atoms with Gasteiger partial charge in [-0.2, -0.15) is 0 Å². The van der Waals surface area contributed by atoms with Gasteiger partial charge < -0.3 is 20.7 Å². The lowest BCUT2D eigenvalue weighted by molar-refractivity contribution is -0.122. The number of nitrogens with one attached hydrogen (secondary N) is 1. The molecule has 1 fully saturated rings.